The topological polar surface area (TPSA) is 352 Å². The molecule has 0 radical (unpaired) electrons. The lowest BCUT2D eigenvalue weighted by molar-refractivity contribution is -0.146. The Morgan fingerprint density at radius 1 is 0.321 bits per heavy atom. The number of nitrogens with zero attached hydrogens (tertiary/aromatic N) is 4. The first kappa shape index (κ1) is 113. The van der Waals surface area contributed by atoms with E-state index in [1.165, 1.54) is 44.5 Å². The van der Waals surface area contributed by atoms with Gasteiger partial charge < -0.3 is 99.2 Å². The number of amides is 4. The van der Waals surface area contributed by atoms with E-state index in [-0.39, 0.29) is 137 Å². The van der Waals surface area contributed by atoms with E-state index in [1.807, 2.05) is 74.5 Å². The molecule has 0 aromatic heterocycles. The SMILES string of the molecule is Cc1cc(Cl)c2c(c1)C(c1ccc(S(=O)(=O)CCCOCCOCCNC(=O)C(O)C(O)C(=O)NCCOCCOCCCCc3ccc(C4CN(C)Cc5c(Cl)cc(Cl)cc54)cc3)cc1)CN(C)C2.Cc1cc(Cl)c2c(c1)C(c1ccc(S(=O)(=O)CCCOCCOCCNC(=O)[C@H](O)[C@@H](O)C(=O)NCCOCCOCCCCc3ccc(C4CN(C)Cc5c(Cl)cc(Cl)cc54)cc3)cc1)CN(C)C2. The van der Waals surface area contributed by atoms with E-state index in [1.54, 1.807) is 24.3 Å². The third-order valence-electron chi connectivity index (χ3n) is 25.1. The van der Waals surface area contributed by atoms with Crippen LogP contribution in [0.3, 0.4) is 0 Å². The number of carbonyl (C=O) groups excluding carboxylic acids is 4. The summed E-state index contributed by atoms with van der Waals surface area (Å²) in [6.45, 7) is 15.1. The molecule has 0 aliphatic carbocycles. The van der Waals surface area contributed by atoms with E-state index in [9.17, 15) is 56.4 Å². The zero-order valence-electron chi connectivity index (χ0n) is 80.5. The van der Waals surface area contributed by atoms with Gasteiger partial charge in [-0.1, -0.05) is 155 Å². The van der Waals surface area contributed by atoms with Crippen molar-refractivity contribution in [3.63, 3.8) is 0 Å². The minimum absolute atomic E-state index is 0.0183. The summed E-state index contributed by atoms with van der Waals surface area (Å²) in [5, 5.41) is 54.7. The number of carbonyl (C=O) groups is 4. The predicted octanol–water partition coefficient (Wildman–Crippen LogP) is 12.6. The van der Waals surface area contributed by atoms with E-state index >= 15 is 0 Å². The van der Waals surface area contributed by atoms with Gasteiger partial charge in [0.1, 0.15) is 0 Å². The molecule has 8 aromatic carbocycles. The Bertz CT molecular complexity index is 5230. The molecule has 36 heteroatoms. The summed E-state index contributed by atoms with van der Waals surface area (Å²) < 4.78 is 96.5. The Kier molecular flexibility index (Phi) is 45.9. The number of benzene rings is 8. The van der Waals surface area contributed by atoms with Gasteiger partial charge in [-0.3, -0.25) is 19.2 Å². The zero-order valence-corrected chi connectivity index (χ0v) is 86.7. The number of hydrogen-bond acceptors (Lipinski definition) is 24. The van der Waals surface area contributed by atoms with Crippen LogP contribution in [0.2, 0.25) is 30.1 Å². The summed E-state index contributed by atoms with van der Waals surface area (Å²) in [7, 11) is 1.30. The lowest BCUT2D eigenvalue weighted by Crippen LogP contribution is -2.50. The number of fused-ring (bicyclic) bond motifs is 4. The third kappa shape index (κ3) is 34.4. The van der Waals surface area contributed by atoms with Crippen LogP contribution >= 0.6 is 69.6 Å². The van der Waals surface area contributed by atoms with Gasteiger partial charge in [0.25, 0.3) is 23.6 Å². The highest BCUT2D eigenvalue weighted by Gasteiger charge is 2.35. The van der Waals surface area contributed by atoms with Crippen molar-refractivity contribution in [2.24, 2.45) is 0 Å². The van der Waals surface area contributed by atoms with Gasteiger partial charge in [-0.15, -0.1) is 0 Å². The zero-order chi connectivity index (χ0) is 100. The Labute approximate surface area is 853 Å². The number of hydrogen-bond donors (Lipinski definition) is 8. The maximum atomic E-state index is 13.0. The number of aliphatic hydroxyl groups is 4. The van der Waals surface area contributed by atoms with Crippen molar-refractivity contribution >= 4 is 113 Å². The molecule has 0 saturated carbocycles. The van der Waals surface area contributed by atoms with Gasteiger partial charge in [0.15, 0.2) is 44.1 Å². The predicted molar refractivity (Wildman–Crippen MR) is 546 cm³/mol. The van der Waals surface area contributed by atoms with E-state index in [2.05, 4.69) is 130 Å². The number of nitrogens with one attached hydrogen (secondary N) is 4. The molecule has 0 spiro atoms. The fourth-order valence-electron chi connectivity index (χ4n) is 17.8. The maximum absolute atomic E-state index is 13.0. The van der Waals surface area contributed by atoms with Gasteiger partial charge in [-0.25, -0.2) is 16.8 Å². The van der Waals surface area contributed by atoms with Crippen LogP contribution in [0.5, 0.6) is 0 Å². The van der Waals surface area contributed by atoms with Crippen molar-refractivity contribution in [2.45, 2.75) is 149 Å². The largest absolute Gasteiger partial charge is 0.380 e. The molecule has 0 saturated heterocycles. The summed E-state index contributed by atoms with van der Waals surface area (Å²) >= 11 is 39.0. The highest BCUT2D eigenvalue weighted by molar-refractivity contribution is 7.91. The van der Waals surface area contributed by atoms with Crippen LogP contribution < -0.4 is 21.3 Å². The molecule has 12 rings (SSSR count). The smallest absolute Gasteiger partial charge is 0.252 e. The molecule has 764 valence electrons. The fraction of sp³-hybridized carbons (Fsp3) is 0.500. The minimum Gasteiger partial charge on any atom is -0.380 e. The standard InChI is InChI=1S/2C52H67Cl3N4O10S/c2*1-35-27-41-43(31-58(2)33-45(41)47(54)28-35)38-12-14-40(15-13-38)70(64,65)26-6-19-67-23-25-69-21-17-57-52(63)50(61)49(60)51(62)56-16-20-68-24-22-66-18-5-4-7-36-8-10-37(11-9-36)44-32-59(3)34-46-42(44)29-39(53)30-48(46)55/h2*8-15,27-30,43-44,49-50,60-61H,4-7,16-26,31-34H2,1-3H3,(H,56,62)(H,57,63)/t43?,44?,49-,50-;/m1./s1. The van der Waals surface area contributed by atoms with Gasteiger partial charge in [-0.2, -0.15) is 0 Å². The van der Waals surface area contributed by atoms with Gasteiger partial charge in [-0.05, 0) is 243 Å². The number of aryl methyl sites for hydroxylation is 4. The molecule has 140 heavy (non-hydrogen) atoms. The van der Waals surface area contributed by atoms with Gasteiger partial charge in [0, 0.05) is 159 Å². The summed E-state index contributed by atoms with van der Waals surface area (Å²) in [4.78, 5) is 58.8. The van der Waals surface area contributed by atoms with Gasteiger partial charge in [0.2, 0.25) is 0 Å². The Morgan fingerprint density at radius 2 is 0.557 bits per heavy atom. The quantitative estimate of drug-likeness (QED) is 0.0164. The number of halogens is 6. The number of sulfone groups is 2. The van der Waals surface area contributed by atoms with E-state index in [0.717, 1.165) is 145 Å². The first-order valence-electron chi connectivity index (χ1n) is 47.8. The average molecular weight is 2090 g/mol. The molecule has 8 atom stereocenters. The molecule has 8 N–H and O–H groups in total. The summed E-state index contributed by atoms with van der Waals surface area (Å²) in [6.07, 6.45) is -1.66. The van der Waals surface area contributed by atoms with E-state index < -0.39 is 67.7 Å². The van der Waals surface area contributed by atoms with Crippen LogP contribution in [0.1, 0.15) is 151 Å². The monoisotopic (exact) mass is 2090 g/mol. The molecule has 4 aliphatic rings. The Morgan fingerprint density at radius 3 is 0.829 bits per heavy atom. The molecule has 4 amide bonds. The van der Waals surface area contributed by atoms with Crippen molar-refractivity contribution in [3.05, 3.63) is 265 Å². The molecule has 6 unspecified atom stereocenters. The second kappa shape index (κ2) is 56.9. The van der Waals surface area contributed by atoms with Crippen LogP contribution in [0.25, 0.3) is 0 Å². The number of aliphatic hydroxyl groups excluding tert-OH is 4. The Hall–Kier alpha value is -7.36. The lowest BCUT2D eigenvalue weighted by atomic mass is 9.84. The molecule has 0 bridgehead atoms. The molecule has 4 heterocycles. The van der Waals surface area contributed by atoms with Crippen molar-refractivity contribution in [3.8, 4) is 0 Å². The molecule has 4 aliphatic heterocycles. The highest BCUT2D eigenvalue weighted by atomic mass is 35.5. The average Bonchev–Trinajstić information content (AvgIpc) is 0.784. The van der Waals surface area contributed by atoms with Crippen LogP contribution in [0.15, 0.2) is 155 Å². The Balaban J connectivity index is 0.000000268. The van der Waals surface area contributed by atoms with Crippen LogP contribution in [-0.4, -0.2) is 303 Å². The van der Waals surface area contributed by atoms with Gasteiger partial charge in [0.05, 0.1) is 101 Å². The maximum Gasteiger partial charge on any atom is 0.252 e. The minimum atomic E-state index is -3.51. The van der Waals surface area contributed by atoms with Crippen LogP contribution in [0.4, 0.5) is 0 Å². The molecular weight excluding hydrogens is 1960 g/mol. The van der Waals surface area contributed by atoms with Crippen molar-refractivity contribution in [2.75, 3.05) is 198 Å². The van der Waals surface area contributed by atoms with Crippen LogP contribution in [-0.2, 0) is 116 Å². The number of ether oxygens (including phenoxy) is 8. The molecular formula is C104H134Cl6N8O20S2. The highest BCUT2D eigenvalue weighted by Crippen LogP contribution is 2.43. The number of likely N-dealkylation sites (N-methyl/N-ethyl adjacent to an activating group) is 4. The van der Waals surface area contributed by atoms with Crippen LogP contribution in [0, 0.1) is 13.8 Å². The summed E-state index contributed by atoms with van der Waals surface area (Å²) in [5.74, 6) is -3.21. The lowest BCUT2D eigenvalue weighted by Gasteiger charge is -2.33. The third-order valence-corrected chi connectivity index (χ3v) is 30.5. The van der Waals surface area contributed by atoms with Crippen molar-refractivity contribution < 1.29 is 94.3 Å². The molecule has 8 aromatic rings. The first-order chi connectivity index (χ1) is 67.2. The van der Waals surface area contributed by atoms with Gasteiger partial charge >= 0.3 is 0 Å². The van der Waals surface area contributed by atoms with E-state index in [4.69, 9.17) is 108 Å². The number of rotatable bonds is 54. The van der Waals surface area contributed by atoms with Crippen molar-refractivity contribution in [1.82, 2.24) is 40.9 Å². The van der Waals surface area contributed by atoms with E-state index in [0.29, 0.717) is 72.6 Å². The molecule has 0 fully saturated rings. The normalized spacial score (nSPS) is 17.1. The second-order valence-corrected chi connectivity index (χ2v) is 43.0. The fourth-order valence-corrected chi connectivity index (χ4v) is 22.2. The summed E-state index contributed by atoms with van der Waals surface area (Å²) in [6, 6.07) is 47.8. The van der Waals surface area contributed by atoms with Crippen molar-refractivity contribution in [1.29, 1.82) is 0 Å². The second-order valence-electron chi connectivity index (χ2n) is 36.3. The first-order valence-corrected chi connectivity index (χ1v) is 53.3. The number of unbranched alkanes of at least 4 members (excludes halogenated alkanes) is 2. The summed E-state index contributed by atoms with van der Waals surface area (Å²) in [5.41, 5.74) is 18.5. The molecule has 28 nitrogen and oxygen atoms in total.